The van der Waals surface area contributed by atoms with E-state index >= 15 is 4.39 Å². The molecule has 1 aromatic heterocycles. The lowest BCUT2D eigenvalue weighted by molar-refractivity contribution is -0.141. The number of aliphatic carboxylic acids is 1. The average molecular weight is 531 g/mol. The van der Waals surface area contributed by atoms with Gasteiger partial charge in [0, 0.05) is 37.7 Å². The van der Waals surface area contributed by atoms with Crippen LogP contribution in [-0.2, 0) is 24.4 Å². The number of aromatic nitrogens is 3. The number of carboxylic acid groups (broad SMARTS) is 1. The summed E-state index contributed by atoms with van der Waals surface area (Å²) >= 11 is 0. The van der Waals surface area contributed by atoms with Gasteiger partial charge in [0.1, 0.15) is 16.9 Å². The van der Waals surface area contributed by atoms with Gasteiger partial charge in [0.2, 0.25) is 0 Å². The molecule has 0 aliphatic carbocycles. The topological polar surface area (TPSA) is 80.5 Å². The van der Waals surface area contributed by atoms with Crippen molar-refractivity contribution in [3.05, 3.63) is 88.2 Å². The van der Waals surface area contributed by atoms with Gasteiger partial charge in [-0.05, 0) is 62.1 Å². The third-order valence-corrected chi connectivity index (χ3v) is 7.66. The molecule has 2 atom stereocenters. The van der Waals surface area contributed by atoms with Gasteiger partial charge in [0.15, 0.2) is 5.82 Å². The summed E-state index contributed by atoms with van der Waals surface area (Å²) in [5.74, 6) is -2.15. The summed E-state index contributed by atoms with van der Waals surface area (Å²) in [5, 5.41) is 18.1. The molecule has 2 heterocycles. The fourth-order valence-corrected chi connectivity index (χ4v) is 5.68. The highest BCUT2D eigenvalue weighted by Gasteiger charge is 2.32. The van der Waals surface area contributed by atoms with E-state index in [4.69, 9.17) is 4.74 Å². The van der Waals surface area contributed by atoms with Gasteiger partial charge in [-0.1, -0.05) is 54.6 Å². The maximum absolute atomic E-state index is 15.9. The minimum absolute atomic E-state index is 0.162. The average Bonchev–Trinajstić information content (AvgIpc) is 3.26. The number of benzene rings is 3. The summed E-state index contributed by atoms with van der Waals surface area (Å²) in [6.07, 6.45) is 0. The number of ether oxygens (including phenoxy) is 1. The molecule has 5 rings (SSSR count). The monoisotopic (exact) mass is 530 g/mol. The molecule has 1 aliphatic rings. The summed E-state index contributed by atoms with van der Waals surface area (Å²) in [4.78, 5) is 14.6. The van der Waals surface area contributed by atoms with Crippen molar-refractivity contribution in [3.63, 3.8) is 0 Å². The first kappa shape index (κ1) is 26.8. The molecule has 8 heteroatoms. The van der Waals surface area contributed by atoms with Crippen LogP contribution in [0.1, 0.15) is 61.4 Å². The van der Waals surface area contributed by atoms with Gasteiger partial charge in [-0.2, -0.15) is 0 Å². The summed E-state index contributed by atoms with van der Waals surface area (Å²) in [6, 6.07) is 17.5. The number of carbonyl (C=O) groups is 1. The van der Waals surface area contributed by atoms with Crippen molar-refractivity contribution in [2.45, 2.75) is 65.8 Å². The third-order valence-electron chi connectivity index (χ3n) is 7.66. The van der Waals surface area contributed by atoms with E-state index in [1.165, 1.54) is 0 Å². The number of carboxylic acids is 1. The van der Waals surface area contributed by atoms with Gasteiger partial charge in [0.25, 0.3) is 0 Å². The maximum Gasteiger partial charge on any atom is 0.307 e. The Kier molecular flexibility index (Phi) is 7.16. The molecule has 4 aromatic rings. The molecule has 1 N–H and O–H groups in total. The van der Waals surface area contributed by atoms with E-state index in [0.29, 0.717) is 24.2 Å². The lowest BCUT2D eigenvalue weighted by atomic mass is 9.80. The summed E-state index contributed by atoms with van der Waals surface area (Å²) in [7, 11) is 0. The zero-order valence-electron chi connectivity index (χ0n) is 23.1. The number of fused-ring (bicyclic) bond motifs is 2. The molecule has 0 fully saturated rings. The molecule has 0 radical (unpaired) electrons. The van der Waals surface area contributed by atoms with Crippen LogP contribution in [0.2, 0.25) is 0 Å². The number of para-hydroxylation sites is 1. The standard InChI is InChI=1S/C31H35FN4O3/c1-6-36-25-14-13-24(28(32)29(25)33-34-36)27(20(3)30(37)38)21-12-11-19(2)23(15-21)17-35-16-22-9-7-8-10-26(22)39-31(4,5)18-35/h7-15,20,27H,6,16-18H2,1-5H3,(H,37,38)/t20-,27+/m1/s1. The Hall–Kier alpha value is -3.78. The molecule has 0 saturated carbocycles. The third kappa shape index (κ3) is 5.26. The SMILES string of the molecule is CCn1nnc2c(F)c([C@H](c3ccc(C)c(CN4Cc5ccccc5OC(C)(C)C4)c3)[C@@H](C)C(=O)O)ccc21. The summed E-state index contributed by atoms with van der Waals surface area (Å²) < 4.78 is 23.8. The molecule has 0 saturated heterocycles. The first-order valence-electron chi connectivity index (χ1n) is 13.4. The first-order chi connectivity index (χ1) is 18.6. The van der Waals surface area contributed by atoms with Crippen molar-refractivity contribution in [1.29, 1.82) is 0 Å². The molecule has 0 bridgehead atoms. The molecule has 204 valence electrons. The Bertz CT molecular complexity index is 1530. The van der Waals surface area contributed by atoms with Gasteiger partial charge in [-0.3, -0.25) is 9.69 Å². The van der Waals surface area contributed by atoms with Crippen LogP contribution in [-0.4, -0.2) is 43.1 Å². The largest absolute Gasteiger partial charge is 0.486 e. The second-order valence-electron chi connectivity index (χ2n) is 11.1. The van der Waals surface area contributed by atoms with Gasteiger partial charge in [-0.25, -0.2) is 9.07 Å². The van der Waals surface area contributed by atoms with Crippen molar-refractivity contribution in [3.8, 4) is 5.75 Å². The summed E-state index contributed by atoms with van der Waals surface area (Å²) in [5.41, 5.74) is 4.75. The number of aryl methyl sites for hydroxylation is 2. The molecular weight excluding hydrogens is 495 g/mol. The van der Waals surface area contributed by atoms with Gasteiger partial charge >= 0.3 is 5.97 Å². The van der Waals surface area contributed by atoms with E-state index in [-0.39, 0.29) is 11.1 Å². The zero-order chi connectivity index (χ0) is 27.9. The quantitative estimate of drug-likeness (QED) is 0.319. The highest BCUT2D eigenvalue weighted by molar-refractivity contribution is 5.78. The number of rotatable bonds is 7. The van der Waals surface area contributed by atoms with Crippen LogP contribution in [0.4, 0.5) is 4.39 Å². The van der Waals surface area contributed by atoms with Gasteiger partial charge < -0.3 is 9.84 Å². The van der Waals surface area contributed by atoms with Crippen LogP contribution >= 0.6 is 0 Å². The predicted molar refractivity (Wildman–Crippen MR) is 148 cm³/mol. The molecule has 1 aliphatic heterocycles. The Labute approximate surface area is 228 Å². The smallest absolute Gasteiger partial charge is 0.307 e. The molecular formula is C31H35FN4O3. The number of hydrogen-bond donors (Lipinski definition) is 1. The van der Waals surface area contributed by atoms with E-state index in [1.54, 1.807) is 23.7 Å². The second-order valence-corrected chi connectivity index (χ2v) is 11.1. The first-order valence-corrected chi connectivity index (χ1v) is 13.4. The lowest BCUT2D eigenvalue weighted by Crippen LogP contribution is -2.40. The molecule has 39 heavy (non-hydrogen) atoms. The highest BCUT2D eigenvalue weighted by atomic mass is 19.1. The Balaban J connectivity index is 1.54. The Morgan fingerprint density at radius 3 is 2.69 bits per heavy atom. The van der Waals surface area contributed by atoms with E-state index in [1.807, 2.05) is 43.3 Å². The maximum atomic E-state index is 15.9. The molecule has 0 spiro atoms. The second kappa shape index (κ2) is 10.4. The van der Waals surface area contributed by atoms with Crippen LogP contribution < -0.4 is 4.74 Å². The fraction of sp³-hybridized carbons (Fsp3) is 0.387. The fourth-order valence-electron chi connectivity index (χ4n) is 5.68. The Morgan fingerprint density at radius 2 is 1.95 bits per heavy atom. The van der Waals surface area contributed by atoms with E-state index in [2.05, 4.69) is 42.0 Å². The van der Waals surface area contributed by atoms with E-state index in [9.17, 15) is 9.90 Å². The zero-order valence-corrected chi connectivity index (χ0v) is 23.1. The van der Waals surface area contributed by atoms with Crippen molar-refractivity contribution in [2.24, 2.45) is 5.92 Å². The van der Waals surface area contributed by atoms with Crippen molar-refractivity contribution < 1.29 is 19.0 Å². The van der Waals surface area contributed by atoms with Crippen molar-refractivity contribution in [2.75, 3.05) is 6.54 Å². The summed E-state index contributed by atoms with van der Waals surface area (Å²) in [6.45, 7) is 12.4. The number of halogens is 1. The number of nitrogens with zero attached hydrogens (tertiary/aromatic N) is 4. The minimum Gasteiger partial charge on any atom is -0.486 e. The highest BCUT2D eigenvalue weighted by Crippen LogP contribution is 2.37. The number of hydrogen-bond acceptors (Lipinski definition) is 5. The van der Waals surface area contributed by atoms with Crippen LogP contribution in [0.15, 0.2) is 54.6 Å². The molecule has 3 aromatic carbocycles. The molecule has 0 amide bonds. The van der Waals surface area contributed by atoms with Crippen LogP contribution in [0.25, 0.3) is 11.0 Å². The van der Waals surface area contributed by atoms with Crippen LogP contribution in [0, 0.1) is 18.7 Å². The lowest BCUT2D eigenvalue weighted by Gasteiger charge is -2.30. The van der Waals surface area contributed by atoms with Gasteiger partial charge in [-0.15, -0.1) is 5.10 Å². The Morgan fingerprint density at radius 1 is 1.18 bits per heavy atom. The van der Waals surface area contributed by atoms with Crippen LogP contribution in [0.3, 0.4) is 0 Å². The normalized spacial score (nSPS) is 16.8. The minimum atomic E-state index is -0.984. The predicted octanol–water partition coefficient (Wildman–Crippen LogP) is 5.92. The van der Waals surface area contributed by atoms with Gasteiger partial charge in [0.05, 0.1) is 11.4 Å². The molecule has 7 nitrogen and oxygen atoms in total. The van der Waals surface area contributed by atoms with E-state index in [0.717, 1.165) is 41.1 Å². The van der Waals surface area contributed by atoms with Crippen molar-refractivity contribution >= 4 is 17.0 Å². The van der Waals surface area contributed by atoms with Crippen molar-refractivity contribution in [1.82, 2.24) is 19.9 Å². The van der Waals surface area contributed by atoms with E-state index < -0.39 is 23.6 Å². The molecule has 0 unspecified atom stereocenters. The van der Waals surface area contributed by atoms with Crippen LogP contribution in [0.5, 0.6) is 5.75 Å².